The summed E-state index contributed by atoms with van der Waals surface area (Å²) in [4.78, 5) is 16.8. The lowest BCUT2D eigenvalue weighted by atomic mass is 9.48. The summed E-state index contributed by atoms with van der Waals surface area (Å²) in [6, 6.07) is 29.0. The zero-order valence-corrected chi connectivity index (χ0v) is 24.7. The summed E-state index contributed by atoms with van der Waals surface area (Å²) in [5, 5.41) is -4.58. The fraction of sp³-hybridized carbons (Fsp3) is 0.406. The maximum atomic E-state index is 14.1. The molecule has 3 aromatic carbocycles. The average molecular weight is 616 g/mol. The quantitative estimate of drug-likeness (QED) is 0.162. The minimum absolute atomic E-state index is 0.0594. The number of carbonyl (C=O) groups excluding carboxylic acids is 1. The highest BCUT2D eigenvalue weighted by molar-refractivity contribution is 7.97. The molecule has 42 heavy (non-hydrogen) atoms. The molecular weight excluding hydrogens is 582 g/mol. The van der Waals surface area contributed by atoms with Crippen molar-refractivity contribution in [1.82, 2.24) is 0 Å². The summed E-state index contributed by atoms with van der Waals surface area (Å²) in [7, 11) is -5.99. The van der Waals surface area contributed by atoms with Crippen LogP contribution in [0.15, 0.2) is 99.6 Å². The Hall–Kier alpha value is -2.95. The van der Waals surface area contributed by atoms with Crippen LogP contribution in [0.4, 0.5) is 8.78 Å². The highest BCUT2D eigenvalue weighted by Gasteiger charge is 2.61. The normalized spacial score (nSPS) is 27.5. The van der Waals surface area contributed by atoms with E-state index < -0.39 is 32.9 Å². The molecule has 0 saturated heterocycles. The molecule has 1 N–H and O–H groups in total. The van der Waals surface area contributed by atoms with Crippen LogP contribution in [0.25, 0.3) is 0 Å². The molecule has 3 unspecified atom stereocenters. The van der Waals surface area contributed by atoms with Crippen LogP contribution in [0.1, 0.15) is 39.0 Å². The molecule has 222 valence electrons. The first-order chi connectivity index (χ1) is 20.0. The largest absolute Gasteiger partial charge is 0.490 e. The van der Waals surface area contributed by atoms with Gasteiger partial charge in [0, 0.05) is 0 Å². The Balaban J connectivity index is 1.17. The Bertz CT molecular complexity index is 1480. The molecule has 0 radical (unpaired) electrons. The number of halogens is 2. The standard InChI is InChI=1S/C32H32F2O6S2/c1-21(32(33,34)42(36,37)38)39-30(35)31-18-22-16-23(19-31)29(24(17-22)20-31)40-25-12-14-28(15-13-25)41(26-8-4-2-5-9-26)27-10-6-3-7-11-27/h2-15,21-24,29H,16-20H2,1H3/p+1. The SMILES string of the molecule is CC(OC(=O)C12CC3CC(C1)C(Oc1ccc([S+](c4ccccc4)c4ccccc4)cc1)C(C3)C2)C(F)(F)S(=O)(=O)O. The molecule has 3 atom stereocenters. The molecule has 10 heteroatoms. The molecule has 0 aromatic heterocycles. The molecule has 3 aromatic rings. The van der Waals surface area contributed by atoms with Gasteiger partial charge in [0.05, 0.1) is 16.3 Å². The monoisotopic (exact) mass is 615 g/mol. The Morgan fingerprint density at radius 1 is 0.881 bits per heavy atom. The zero-order valence-electron chi connectivity index (χ0n) is 23.1. The maximum Gasteiger partial charge on any atom is 0.405 e. The van der Waals surface area contributed by atoms with Gasteiger partial charge in [-0.05, 0) is 105 Å². The molecular formula is C32H33F2O6S2+. The molecule has 4 aliphatic rings. The number of ether oxygens (including phenoxy) is 2. The molecule has 4 aliphatic carbocycles. The zero-order chi connectivity index (χ0) is 29.7. The van der Waals surface area contributed by atoms with Crippen LogP contribution in [0.3, 0.4) is 0 Å². The summed E-state index contributed by atoms with van der Waals surface area (Å²) in [6.45, 7) is 0.794. The second kappa shape index (κ2) is 11.0. The van der Waals surface area contributed by atoms with Gasteiger partial charge in [0.2, 0.25) is 0 Å². The molecule has 0 heterocycles. The van der Waals surface area contributed by atoms with E-state index in [0.717, 1.165) is 25.5 Å². The highest BCUT2D eigenvalue weighted by atomic mass is 32.2. The number of alkyl halides is 2. The first-order valence-electron chi connectivity index (χ1n) is 14.1. The van der Waals surface area contributed by atoms with E-state index in [1.165, 1.54) is 14.7 Å². The minimum atomic E-state index is -5.72. The molecule has 0 spiro atoms. The summed E-state index contributed by atoms with van der Waals surface area (Å²) >= 11 is 0. The van der Waals surface area contributed by atoms with Crippen molar-refractivity contribution in [3.63, 3.8) is 0 Å². The first kappa shape index (κ1) is 29.1. The van der Waals surface area contributed by atoms with Gasteiger partial charge in [-0.25, -0.2) is 0 Å². The molecule has 4 bridgehead atoms. The third-order valence-corrected chi connectivity index (χ3v) is 12.3. The topological polar surface area (TPSA) is 89.9 Å². The van der Waals surface area contributed by atoms with Crippen LogP contribution in [0.2, 0.25) is 0 Å². The summed E-state index contributed by atoms with van der Waals surface area (Å²) in [5.74, 6) is 0.315. The smallest absolute Gasteiger partial charge is 0.405 e. The maximum absolute atomic E-state index is 14.1. The molecule has 7 rings (SSSR count). The van der Waals surface area contributed by atoms with Gasteiger partial charge < -0.3 is 9.47 Å². The van der Waals surface area contributed by atoms with Gasteiger partial charge in [-0.1, -0.05) is 36.4 Å². The van der Waals surface area contributed by atoms with Crippen molar-refractivity contribution < 1.29 is 36.0 Å². The number of esters is 1. The van der Waals surface area contributed by atoms with Crippen molar-refractivity contribution in [2.24, 2.45) is 23.2 Å². The third kappa shape index (κ3) is 5.33. The van der Waals surface area contributed by atoms with E-state index in [1.54, 1.807) is 0 Å². The van der Waals surface area contributed by atoms with Crippen LogP contribution in [0, 0.1) is 23.2 Å². The average Bonchev–Trinajstić information content (AvgIpc) is 2.96. The van der Waals surface area contributed by atoms with Gasteiger partial charge in [-0.2, -0.15) is 17.2 Å². The van der Waals surface area contributed by atoms with Crippen LogP contribution in [-0.4, -0.2) is 36.4 Å². The molecule has 6 nitrogen and oxygen atoms in total. The van der Waals surface area contributed by atoms with Gasteiger partial charge in [0.15, 0.2) is 20.8 Å². The van der Waals surface area contributed by atoms with Crippen molar-refractivity contribution in [3.8, 4) is 5.75 Å². The number of rotatable bonds is 9. The number of benzene rings is 3. The predicted molar refractivity (Wildman–Crippen MR) is 154 cm³/mol. The molecule has 4 saturated carbocycles. The van der Waals surface area contributed by atoms with E-state index >= 15 is 0 Å². The van der Waals surface area contributed by atoms with Crippen LogP contribution >= 0.6 is 0 Å². The van der Waals surface area contributed by atoms with Crippen LogP contribution < -0.4 is 4.74 Å². The lowest BCUT2D eigenvalue weighted by Crippen LogP contribution is -2.58. The van der Waals surface area contributed by atoms with Gasteiger partial charge in [0.1, 0.15) is 11.9 Å². The second-order valence-corrected chi connectivity index (χ2v) is 15.3. The van der Waals surface area contributed by atoms with E-state index in [0.29, 0.717) is 19.3 Å². The van der Waals surface area contributed by atoms with E-state index in [9.17, 15) is 22.0 Å². The predicted octanol–water partition coefficient (Wildman–Crippen LogP) is 6.77. The van der Waals surface area contributed by atoms with E-state index in [4.69, 9.17) is 14.0 Å². The fourth-order valence-electron chi connectivity index (χ4n) is 7.32. The molecule has 4 fully saturated rings. The van der Waals surface area contributed by atoms with Crippen molar-refractivity contribution >= 4 is 27.0 Å². The Kier molecular flexibility index (Phi) is 7.60. The van der Waals surface area contributed by atoms with Crippen LogP contribution in [-0.2, 0) is 30.5 Å². The minimum Gasteiger partial charge on any atom is -0.490 e. The van der Waals surface area contributed by atoms with Crippen molar-refractivity contribution in [2.75, 3.05) is 0 Å². The molecule has 0 amide bonds. The van der Waals surface area contributed by atoms with Gasteiger partial charge in [-0.15, -0.1) is 0 Å². The lowest BCUT2D eigenvalue weighted by molar-refractivity contribution is -0.194. The number of hydrogen-bond acceptors (Lipinski definition) is 5. The number of carbonyl (C=O) groups is 1. The third-order valence-electron chi connectivity index (χ3n) is 9.01. The summed E-state index contributed by atoms with van der Waals surface area (Å²) in [5.41, 5.74) is -0.941. The first-order valence-corrected chi connectivity index (χ1v) is 16.8. The lowest BCUT2D eigenvalue weighted by Gasteiger charge is -2.58. The van der Waals surface area contributed by atoms with E-state index in [1.807, 2.05) is 48.5 Å². The number of hydrogen-bond donors (Lipinski definition) is 1. The van der Waals surface area contributed by atoms with Crippen LogP contribution in [0.5, 0.6) is 5.75 Å². The van der Waals surface area contributed by atoms with Gasteiger partial charge in [0.25, 0.3) is 0 Å². The summed E-state index contributed by atoms with van der Waals surface area (Å²) in [6.07, 6.45) is 0.786. The van der Waals surface area contributed by atoms with Gasteiger partial charge >= 0.3 is 21.3 Å². The second-order valence-electron chi connectivity index (χ2n) is 11.8. The summed E-state index contributed by atoms with van der Waals surface area (Å²) < 4.78 is 71.0. The van der Waals surface area contributed by atoms with Gasteiger partial charge in [-0.3, -0.25) is 9.35 Å². The van der Waals surface area contributed by atoms with Crippen molar-refractivity contribution in [3.05, 3.63) is 84.9 Å². The van der Waals surface area contributed by atoms with Crippen molar-refractivity contribution in [2.45, 2.75) is 71.2 Å². The Morgan fingerprint density at radius 3 is 1.88 bits per heavy atom. The molecule has 0 aliphatic heterocycles. The fourth-order valence-corrected chi connectivity index (χ4v) is 9.87. The highest BCUT2D eigenvalue weighted by Crippen LogP contribution is 2.61. The van der Waals surface area contributed by atoms with Crippen molar-refractivity contribution in [1.29, 1.82) is 0 Å². The van der Waals surface area contributed by atoms with E-state index in [-0.39, 0.29) is 34.8 Å². The van der Waals surface area contributed by atoms with E-state index in [2.05, 4.69) is 36.4 Å². The Labute approximate surface area is 247 Å². The Morgan fingerprint density at radius 2 is 1.38 bits per heavy atom.